The van der Waals surface area contributed by atoms with E-state index in [2.05, 4.69) is 51.8 Å². The molecule has 2 N–H and O–H groups in total. The third-order valence-corrected chi connectivity index (χ3v) is 6.11. The molecule has 158 valence electrons. The molecule has 7 heteroatoms. The van der Waals surface area contributed by atoms with Crippen molar-refractivity contribution in [3.05, 3.63) is 59.8 Å². The normalized spacial score (nSPS) is 16.2. The first-order valence-electron chi connectivity index (χ1n) is 10.9. The number of fused-ring (bicyclic) bond motifs is 3. The van der Waals surface area contributed by atoms with Gasteiger partial charge < -0.3 is 5.32 Å². The summed E-state index contributed by atoms with van der Waals surface area (Å²) in [5.41, 5.74) is 7.89. The number of pyridine rings is 1. The van der Waals surface area contributed by atoms with E-state index in [1.165, 1.54) is 0 Å². The molecule has 0 spiro atoms. The molecule has 0 amide bonds. The number of hydrogen-bond acceptors (Lipinski definition) is 5. The summed E-state index contributed by atoms with van der Waals surface area (Å²) >= 11 is 0. The number of aromatic nitrogens is 6. The fourth-order valence-electron chi connectivity index (χ4n) is 4.48. The first kappa shape index (κ1) is 19.6. The van der Waals surface area contributed by atoms with Crippen LogP contribution in [-0.4, -0.2) is 42.9 Å². The SMILES string of the molecule is CC=C/C(=C\C)c1ccc(-c2cnn3c2nc(C2CCNCC2)c2c(C)[nH]nc23)cn1. The molecule has 7 nitrogen and oxygen atoms in total. The van der Waals surface area contributed by atoms with Gasteiger partial charge in [-0.3, -0.25) is 10.1 Å². The summed E-state index contributed by atoms with van der Waals surface area (Å²) in [5.74, 6) is 0.423. The lowest BCUT2D eigenvalue weighted by Gasteiger charge is -2.23. The maximum absolute atomic E-state index is 5.16. The van der Waals surface area contributed by atoms with Crippen LogP contribution in [0.25, 0.3) is 33.4 Å². The highest BCUT2D eigenvalue weighted by atomic mass is 15.3. The second-order valence-corrected chi connectivity index (χ2v) is 8.04. The second kappa shape index (κ2) is 8.07. The highest BCUT2D eigenvalue weighted by Crippen LogP contribution is 2.34. The fourth-order valence-corrected chi connectivity index (χ4v) is 4.48. The van der Waals surface area contributed by atoms with E-state index in [4.69, 9.17) is 9.97 Å². The van der Waals surface area contributed by atoms with E-state index in [0.717, 1.165) is 76.4 Å². The Morgan fingerprint density at radius 1 is 1.13 bits per heavy atom. The van der Waals surface area contributed by atoms with Crippen LogP contribution in [-0.2, 0) is 0 Å². The van der Waals surface area contributed by atoms with E-state index in [0.29, 0.717) is 5.92 Å². The van der Waals surface area contributed by atoms with E-state index in [-0.39, 0.29) is 0 Å². The maximum atomic E-state index is 5.16. The zero-order valence-corrected chi connectivity index (χ0v) is 18.2. The van der Waals surface area contributed by atoms with Crippen molar-refractivity contribution >= 4 is 22.3 Å². The van der Waals surface area contributed by atoms with Crippen LogP contribution in [0.15, 0.2) is 42.8 Å². The molecule has 1 saturated heterocycles. The monoisotopic (exact) mass is 413 g/mol. The quantitative estimate of drug-likeness (QED) is 0.484. The van der Waals surface area contributed by atoms with Crippen LogP contribution in [0.4, 0.5) is 0 Å². The minimum atomic E-state index is 0.423. The van der Waals surface area contributed by atoms with Crippen molar-refractivity contribution < 1.29 is 0 Å². The number of rotatable bonds is 4. The molecule has 5 heterocycles. The summed E-state index contributed by atoms with van der Waals surface area (Å²) in [6, 6.07) is 4.15. The van der Waals surface area contributed by atoms with Gasteiger partial charge in [0.05, 0.1) is 23.0 Å². The largest absolute Gasteiger partial charge is 0.317 e. The van der Waals surface area contributed by atoms with Crippen LogP contribution < -0.4 is 5.32 Å². The molecule has 0 aromatic carbocycles. The summed E-state index contributed by atoms with van der Waals surface area (Å²) in [5, 5.41) is 16.9. The topological polar surface area (TPSA) is 83.8 Å². The third kappa shape index (κ3) is 3.35. The van der Waals surface area contributed by atoms with Crippen LogP contribution in [0.5, 0.6) is 0 Å². The van der Waals surface area contributed by atoms with Gasteiger partial charge in [-0.25, -0.2) is 4.98 Å². The first-order chi connectivity index (χ1) is 15.2. The van der Waals surface area contributed by atoms with Crippen molar-refractivity contribution in [1.29, 1.82) is 0 Å². The number of nitrogens with zero attached hydrogens (tertiary/aromatic N) is 5. The number of piperidine rings is 1. The van der Waals surface area contributed by atoms with Crippen LogP contribution in [0.1, 0.15) is 49.7 Å². The standard InChI is InChI=1S/C24H27N7/c1-4-6-16(5-2)20-8-7-18(13-26-20)19-14-27-31-23(19)28-22(17-9-11-25-12-10-17)21-15(3)29-30-24(21)31/h4-8,13-14,17,25H,9-12H2,1-3H3,(H,29,30)/b6-4?,16-5+. The highest BCUT2D eigenvalue weighted by Gasteiger charge is 2.24. The lowest BCUT2D eigenvalue weighted by Crippen LogP contribution is -2.27. The molecular formula is C24H27N7. The Morgan fingerprint density at radius 2 is 1.97 bits per heavy atom. The number of aryl methyl sites for hydroxylation is 1. The number of allylic oxidation sites excluding steroid dienone is 4. The predicted octanol–water partition coefficient (Wildman–Crippen LogP) is 4.42. The minimum Gasteiger partial charge on any atom is -0.317 e. The van der Waals surface area contributed by atoms with E-state index in [1.807, 2.05) is 36.8 Å². The Hall–Kier alpha value is -3.32. The molecule has 1 aliphatic heterocycles. The zero-order chi connectivity index (χ0) is 21.4. The average molecular weight is 414 g/mol. The Bertz CT molecular complexity index is 1290. The summed E-state index contributed by atoms with van der Waals surface area (Å²) < 4.78 is 1.85. The van der Waals surface area contributed by atoms with Gasteiger partial charge in [-0.1, -0.05) is 24.3 Å². The van der Waals surface area contributed by atoms with Crippen molar-refractivity contribution in [2.45, 2.75) is 39.5 Å². The van der Waals surface area contributed by atoms with Crippen LogP contribution in [0.3, 0.4) is 0 Å². The fraction of sp³-hybridized carbons (Fsp3) is 0.333. The molecule has 1 fully saturated rings. The molecule has 5 rings (SSSR count). The third-order valence-electron chi connectivity index (χ3n) is 6.11. The molecule has 4 aromatic rings. The molecule has 0 atom stereocenters. The van der Waals surface area contributed by atoms with E-state index < -0.39 is 0 Å². The molecule has 4 aromatic heterocycles. The van der Waals surface area contributed by atoms with Crippen molar-refractivity contribution in [3.63, 3.8) is 0 Å². The molecule has 0 radical (unpaired) electrons. The van der Waals surface area contributed by atoms with Gasteiger partial charge in [-0.2, -0.15) is 14.7 Å². The number of hydrogen-bond donors (Lipinski definition) is 2. The van der Waals surface area contributed by atoms with Gasteiger partial charge in [0.1, 0.15) is 0 Å². The van der Waals surface area contributed by atoms with Gasteiger partial charge in [0.25, 0.3) is 0 Å². The number of aromatic amines is 1. The highest BCUT2D eigenvalue weighted by molar-refractivity contribution is 5.87. The van der Waals surface area contributed by atoms with E-state index in [9.17, 15) is 0 Å². The second-order valence-electron chi connectivity index (χ2n) is 8.04. The van der Waals surface area contributed by atoms with Crippen molar-refractivity contribution in [2.24, 2.45) is 0 Å². The molecule has 0 unspecified atom stereocenters. The molecule has 0 saturated carbocycles. The molecular weight excluding hydrogens is 386 g/mol. The summed E-state index contributed by atoms with van der Waals surface area (Å²) in [7, 11) is 0. The minimum absolute atomic E-state index is 0.423. The Labute approximate surface area is 181 Å². The van der Waals surface area contributed by atoms with Crippen molar-refractivity contribution in [2.75, 3.05) is 13.1 Å². The van der Waals surface area contributed by atoms with Crippen LogP contribution in [0, 0.1) is 6.92 Å². The lowest BCUT2D eigenvalue weighted by atomic mass is 9.92. The van der Waals surface area contributed by atoms with Gasteiger partial charge >= 0.3 is 0 Å². The van der Waals surface area contributed by atoms with Crippen LogP contribution >= 0.6 is 0 Å². The predicted molar refractivity (Wildman–Crippen MR) is 124 cm³/mol. The Morgan fingerprint density at radius 3 is 2.68 bits per heavy atom. The van der Waals surface area contributed by atoms with Gasteiger partial charge in [-0.05, 0) is 58.3 Å². The first-order valence-corrected chi connectivity index (χ1v) is 10.9. The van der Waals surface area contributed by atoms with Gasteiger partial charge in [-0.15, -0.1) is 0 Å². The molecule has 1 aliphatic rings. The zero-order valence-electron chi connectivity index (χ0n) is 18.2. The lowest BCUT2D eigenvalue weighted by molar-refractivity contribution is 0.456. The van der Waals surface area contributed by atoms with Gasteiger partial charge in [0.15, 0.2) is 11.3 Å². The van der Waals surface area contributed by atoms with E-state index in [1.54, 1.807) is 0 Å². The van der Waals surface area contributed by atoms with E-state index >= 15 is 0 Å². The van der Waals surface area contributed by atoms with Gasteiger partial charge in [0.2, 0.25) is 0 Å². The number of nitrogens with one attached hydrogen (secondary N) is 2. The summed E-state index contributed by atoms with van der Waals surface area (Å²) in [6.07, 6.45) is 12.1. The van der Waals surface area contributed by atoms with Crippen molar-refractivity contribution in [3.8, 4) is 11.1 Å². The number of H-pyrrole nitrogens is 1. The maximum Gasteiger partial charge on any atom is 0.186 e. The Kier molecular flexibility index (Phi) is 5.11. The molecule has 0 bridgehead atoms. The molecule has 31 heavy (non-hydrogen) atoms. The Balaban J connectivity index is 1.64. The average Bonchev–Trinajstić information content (AvgIpc) is 3.41. The summed E-state index contributed by atoms with van der Waals surface area (Å²) in [6.45, 7) is 8.14. The van der Waals surface area contributed by atoms with Crippen LogP contribution in [0.2, 0.25) is 0 Å². The van der Waals surface area contributed by atoms with Gasteiger partial charge in [0, 0.05) is 28.9 Å². The van der Waals surface area contributed by atoms with Crippen molar-refractivity contribution in [1.82, 2.24) is 35.1 Å². The smallest absolute Gasteiger partial charge is 0.186 e. The summed E-state index contributed by atoms with van der Waals surface area (Å²) in [4.78, 5) is 9.86. The molecule has 0 aliphatic carbocycles.